The summed E-state index contributed by atoms with van der Waals surface area (Å²) in [5.74, 6) is -0.117. The zero-order valence-electron chi connectivity index (χ0n) is 13.6. The highest BCUT2D eigenvalue weighted by Crippen LogP contribution is 2.15. The molecular weight excluding hydrogens is 282 g/mol. The first-order chi connectivity index (χ1) is 10.2. The van der Waals surface area contributed by atoms with E-state index in [0.717, 1.165) is 29.8 Å². The van der Waals surface area contributed by atoms with Gasteiger partial charge in [-0.3, -0.25) is 10.4 Å². The Hall–Kier alpha value is -2.31. The third-order valence-electron chi connectivity index (χ3n) is 2.72. The van der Waals surface area contributed by atoms with Crippen molar-refractivity contribution in [3.05, 3.63) is 23.5 Å². The van der Waals surface area contributed by atoms with Gasteiger partial charge < -0.3 is 21.1 Å². The van der Waals surface area contributed by atoms with E-state index in [1.54, 1.807) is 6.20 Å². The van der Waals surface area contributed by atoms with Crippen LogP contribution in [0.15, 0.2) is 12.3 Å². The first-order valence-corrected chi connectivity index (χ1v) is 7.21. The van der Waals surface area contributed by atoms with E-state index in [1.165, 1.54) is 0 Å². The highest BCUT2D eigenvalue weighted by Gasteiger charge is 2.15. The van der Waals surface area contributed by atoms with Gasteiger partial charge in [0, 0.05) is 12.7 Å². The maximum Gasteiger partial charge on any atom is 0.407 e. The van der Waals surface area contributed by atoms with Gasteiger partial charge in [-0.15, -0.1) is 0 Å². The van der Waals surface area contributed by atoms with Gasteiger partial charge >= 0.3 is 6.09 Å². The number of ether oxygens (including phenoxy) is 1. The van der Waals surface area contributed by atoms with Crippen LogP contribution >= 0.6 is 0 Å². The summed E-state index contributed by atoms with van der Waals surface area (Å²) in [6, 6.07) is 1.91. The lowest BCUT2D eigenvalue weighted by Crippen LogP contribution is -2.33. The first-order valence-electron chi connectivity index (χ1n) is 7.21. The summed E-state index contributed by atoms with van der Waals surface area (Å²) in [5.41, 5.74) is 7.37. The van der Waals surface area contributed by atoms with Gasteiger partial charge in [0.15, 0.2) is 5.96 Å². The molecule has 0 aliphatic rings. The molecule has 0 atom stereocenters. The Balaban J connectivity index is 2.42. The van der Waals surface area contributed by atoms with Gasteiger partial charge in [0.05, 0.1) is 11.4 Å². The van der Waals surface area contributed by atoms with Crippen molar-refractivity contribution < 1.29 is 9.53 Å². The molecule has 0 spiro atoms. The molecule has 0 saturated carbocycles. The van der Waals surface area contributed by atoms with Crippen molar-refractivity contribution in [3.63, 3.8) is 0 Å². The van der Waals surface area contributed by atoms with Crippen LogP contribution < -0.4 is 16.4 Å². The van der Waals surface area contributed by atoms with Gasteiger partial charge in [-0.25, -0.2) is 4.79 Å². The number of pyridine rings is 1. The molecule has 0 unspecified atom stereocenters. The SMILES string of the molecule is Cc1ncc(CCCNC(=O)OC(C)(C)C)cc1NC(=N)N. The minimum absolute atomic E-state index is 0.117. The highest BCUT2D eigenvalue weighted by molar-refractivity contribution is 5.90. The number of amides is 1. The van der Waals surface area contributed by atoms with Gasteiger partial charge in [0.25, 0.3) is 0 Å². The number of carbonyl (C=O) groups is 1. The Morgan fingerprint density at radius 1 is 1.45 bits per heavy atom. The largest absolute Gasteiger partial charge is 0.444 e. The summed E-state index contributed by atoms with van der Waals surface area (Å²) >= 11 is 0. The van der Waals surface area contributed by atoms with Crippen molar-refractivity contribution in [3.8, 4) is 0 Å². The Morgan fingerprint density at radius 2 is 2.14 bits per heavy atom. The molecule has 7 heteroatoms. The Kier molecular flexibility index (Phi) is 6.15. The van der Waals surface area contributed by atoms with E-state index in [0.29, 0.717) is 6.54 Å². The predicted molar refractivity (Wildman–Crippen MR) is 87.1 cm³/mol. The van der Waals surface area contributed by atoms with Crippen LogP contribution in [0, 0.1) is 12.3 Å². The minimum Gasteiger partial charge on any atom is -0.444 e. The quantitative estimate of drug-likeness (QED) is 0.378. The second kappa shape index (κ2) is 7.63. The van der Waals surface area contributed by atoms with Crippen molar-refractivity contribution in [2.24, 2.45) is 5.73 Å². The van der Waals surface area contributed by atoms with Crippen LogP contribution in [-0.2, 0) is 11.2 Å². The van der Waals surface area contributed by atoms with Crippen LogP contribution in [0.4, 0.5) is 10.5 Å². The number of aryl methyl sites for hydroxylation is 2. The Labute approximate surface area is 131 Å². The maximum atomic E-state index is 11.5. The fourth-order valence-corrected chi connectivity index (χ4v) is 1.78. The highest BCUT2D eigenvalue weighted by atomic mass is 16.6. The summed E-state index contributed by atoms with van der Waals surface area (Å²) in [5, 5.41) is 12.7. The average Bonchev–Trinajstić information content (AvgIpc) is 2.35. The van der Waals surface area contributed by atoms with Crippen LogP contribution in [0.2, 0.25) is 0 Å². The predicted octanol–water partition coefficient (Wildman–Crippen LogP) is 2.15. The molecule has 0 aliphatic heterocycles. The summed E-state index contributed by atoms with van der Waals surface area (Å²) in [6.07, 6.45) is 2.90. The van der Waals surface area contributed by atoms with E-state index in [2.05, 4.69) is 15.6 Å². The molecule has 1 heterocycles. The minimum atomic E-state index is -0.488. The summed E-state index contributed by atoms with van der Waals surface area (Å²) in [6.45, 7) is 7.85. The summed E-state index contributed by atoms with van der Waals surface area (Å²) in [7, 11) is 0. The number of alkyl carbamates (subject to hydrolysis) is 1. The fourth-order valence-electron chi connectivity index (χ4n) is 1.78. The molecule has 1 rings (SSSR count). The molecule has 7 nitrogen and oxygen atoms in total. The average molecular weight is 307 g/mol. The lowest BCUT2D eigenvalue weighted by molar-refractivity contribution is 0.0527. The molecule has 1 aromatic heterocycles. The van der Waals surface area contributed by atoms with Crippen LogP contribution in [-0.4, -0.2) is 29.2 Å². The topological polar surface area (TPSA) is 113 Å². The molecule has 1 aromatic rings. The molecule has 0 bridgehead atoms. The maximum absolute atomic E-state index is 11.5. The number of nitrogens with zero attached hydrogens (tertiary/aromatic N) is 1. The lowest BCUT2D eigenvalue weighted by Gasteiger charge is -2.19. The molecule has 0 saturated heterocycles. The van der Waals surface area contributed by atoms with E-state index in [1.807, 2.05) is 33.8 Å². The third-order valence-corrected chi connectivity index (χ3v) is 2.72. The van der Waals surface area contributed by atoms with Crippen LogP contribution in [0.5, 0.6) is 0 Å². The number of carbonyl (C=O) groups excluding carboxylic acids is 1. The number of nitrogens with one attached hydrogen (secondary N) is 3. The number of hydrogen-bond donors (Lipinski definition) is 4. The standard InChI is InChI=1S/C15H25N5O2/c1-10-12(20-13(16)17)8-11(9-19-10)6-5-7-18-14(21)22-15(2,3)4/h8-9H,5-7H2,1-4H3,(H,18,21)(H4,16,17,20). The molecule has 122 valence electrons. The number of hydrogen-bond acceptors (Lipinski definition) is 4. The molecule has 22 heavy (non-hydrogen) atoms. The van der Waals surface area contributed by atoms with Gasteiger partial charge in [-0.05, 0) is 52.2 Å². The zero-order chi connectivity index (χ0) is 16.8. The number of aromatic nitrogens is 1. The number of anilines is 1. The lowest BCUT2D eigenvalue weighted by atomic mass is 10.1. The molecule has 1 amide bonds. The van der Waals surface area contributed by atoms with Crippen LogP contribution in [0.1, 0.15) is 38.4 Å². The molecule has 0 aromatic carbocycles. The molecule has 0 aliphatic carbocycles. The Bertz CT molecular complexity index is 537. The van der Waals surface area contributed by atoms with E-state index in [9.17, 15) is 4.79 Å². The Morgan fingerprint density at radius 3 is 2.73 bits per heavy atom. The smallest absolute Gasteiger partial charge is 0.407 e. The molecule has 0 fully saturated rings. The molecule has 0 radical (unpaired) electrons. The number of rotatable bonds is 5. The number of nitrogens with two attached hydrogens (primary N) is 1. The van der Waals surface area contributed by atoms with Crippen molar-refractivity contribution in [2.45, 2.75) is 46.1 Å². The summed E-state index contributed by atoms with van der Waals surface area (Å²) < 4.78 is 5.16. The van der Waals surface area contributed by atoms with Crippen molar-refractivity contribution in [1.82, 2.24) is 10.3 Å². The van der Waals surface area contributed by atoms with Crippen molar-refractivity contribution in [1.29, 1.82) is 5.41 Å². The summed E-state index contributed by atoms with van der Waals surface area (Å²) in [4.78, 5) is 15.8. The van der Waals surface area contributed by atoms with Crippen molar-refractivity contribution >= 4 is 17.7 Å². The molecule has 5 N–H and O–H groups in total. The fraction of sp³-hybridized carbons (Fsp3) is 0.533. The van der Waals surface area contributed by atoms with Crippen LogP contribution in [0.3, 0.4) is 0 Å². The second-order valence-corrected chi connectivity index (χ2v) is 6.05. The van der Waals surface area contributed by atoms with Gasteiger partial charge in [-0.1, -0.05) is 0 Å². The van der Waals surface area contributed by atoms with E-state index < -0.39 is 11.7 Å². The van der Waals surface area contributed by atoms with Gasteiger partial charge in [-0.2, -0.15) is 0 Å². The van der Waals surface area contributed by atoms with Gasteiger partial charge in [0.1, 0.15) is 5.60 Å². The zero-order valence-corrected chi connectivity index (χ0v) is 13.6. The van der Waals surface area contributed by atoms with Crippen molar-refractivity contribution in [2.75, 3.05) is 11.9 Å². The molecular formula is C15H25N5O2. The monoisotopic (exact) mass is 307 g/mol. The van der Waals surface area contributed by atoms with Crippen LogP contribution in [0.25, 0.3) is 0 Å². The van der Waals surface area contributed by atoms with Gasteiger partial charge in [0.2, 0.25) is 0 Å². The van der Waals surface area contributed by atoms with E-state index in [-0.39, 0.29) is 5.96 Å². The normalized spacial score (nSPS) is 10.9. The first kappa shape index (κ1) is 17.7. The second-order valence-electron chi connectivity index (χ2n) is 6.05. The van der Waals surface area contributed by atoms with E-state index in [4.69, 9.17) is 15.9 Å². The number of guanidine groups is 1. The third kappa shape index (κ3) is 6.92. The van der Waals surface area contributed by atoms with E-state index >= 15 is 0 Å².